The minimum Gasteiger partial charge on any atom is -0.515 e. The van der Waals surface area contributed by atoms with Crippen LogP contribution < -0.4 is 0 Å². The molecule has 1 N–H and O–H groups in total. The van der Waals surface area contributed by atoms with Gasteiger partial charge in [-0.05, 0) is 6.92 Å². The van der Waals surface area contributed by atoms with E-state index in [0.29, 0.717) is 0 Å². The second-order valence-electron chi connectivity index (χ2n) is 1.93. The summed E-state index contributed by atoms with van der Waals surface area (Å²) in [7, 11) is 0. The van der Waals surface area contributed by atoms with E-state index in [4.69, 9.17) is 5.11 Å². The molecule has 0 heterocycles. The number of rotatable bonds is 4. The quantitative estimate of drug-likeness (QED) is 0.236. The number of ketones is 1. The number of carbonyl (C=O) groups excluding carboxylic acids is 2. The van der Waals surface area contributed by atoms with Gasteiger partial charge in [0.2, 0.25) is 5.78 Å². The van der Waals surface area contributed by atoms with Crippen LogP contribution in [0.15, 0.2) is 11.8 Å². The van der Waals surface area contributed by atoms with Gasteiger partial charge in [-0.1, -0.05) is 0 Å². The highest BCUT2D eigenvalue weighted by molar-refractivity contribution is 6.18. The van der Waals surface area contributed by atoms with Gasteiger partial charge in [-0.3, -0.25) is 4.79 Å². The number of ether oxygens (including phenoxy) is 1. The third kappa shape index (κ3) is 3.18. The molecule has 0 fully saturated rings. The normalized spacial score (nSPS) is 11.5. The Morgan fingerprint density at radius 1 is 1.54 bits per heavy atom. The van der Waals surface area contributed by atoms with Gasteiger partial charge in [0.05, 0.1) is 12.9 Å². The molecular weight excluding hydrogens is 186 g/mol. The van der Waals surface area contributed by atoms with E-state index in [1.54, 1.807) is 0 Å². The molecule has 0 aliphatic carbocycles. The molecule has 0 saturated carbocycles. The first-order chi connectivity index (χ1) is 6.04. The Labute approximate surface area is 72.8 Å². The monoisotopic (exact) mass is 194 g/mol. The van der Waals surface area contributed by atoms with Crippen molar-refractivity contribution in [1.29, 1.82) is 0 Å². The zero-order chi connectivity index (χ0) is 10.4. The first kappa shape index (κ1) is 11.5. The molecule has 0 unspecified atom stereocenters. The molecule has 0 radical (unpaired) electrons. The van der Waals surface area contributed by atoms with Crippen LogP contribution in [0, 0.1) is 0 Å². The van der Waals surface area contributed by atoms with E-state index in [9.17, 15) is 18.4 Å². The van der Waals surface area contributed by atoms with Crippen molar-refractivity contribution in [3.05, 3.63) is 11.8 Å². The van der Waals surface area contributed by atoms with Gasteiger partial charge in [-0.2, -0.15) is 0 Å². The zero-order valence-electron chi connectivity index (χ0n) is 6.79. The van der Waals surface area contributed by atoms with Crippen molar-refractivity contribution in [3.8, 4) is 0 Å². The maximum Gasteiger partial charge on any atom is 0.345 e. The molecule has 0 aromatic carbocycles. The molecule has 0 bridgehead atoms. The molecule has 74 valence electrons. The molecule has 0 aliphatic heterocycles. The lowest BCUT2D eigenvalue weighted by Crippen LogP contribution is -2.21. The molecule has 0 aromatic rings. The van der Waals surface area contributed by atoms with Crippen LogP contribution in [0.4, 0.5) is 8.78 Å². The number of aliphatic hydroxyl groups is 1. The largest absolute Gasteiger partial charge is 0.515 e. The maximum atomic E-state index is 11.8. The Morgan fingerprint density at radius 2 is 2.08 bits per heavy atom. The molecule has 4 nitrogen and oxygen atoms in total. The highest BCUT2D eigenvalue weighted by atomic mass is 19.3. The van der Waals surface area contributed by atoms with Crippen LogP contribution in [-0.4, -0.2) is 29.9 Å². The van der Waals surface area contributed by atoms with Gasteiger partial charge in [0.25, 0.3) is 0 Å². The van der Waals surface area contributed by atoms with Gasteiger partial charge < -0.3 is 9.84 Å². The van der Waals surface area contributed by atoms with Gasteiger partial charge >= 0.3 is 12.4 Å². The predicted molar refractivity (Wildman–Crippen MR) is 38.4 cm³/mol. The molecule has 13 heavy (non-hydrogen) atoms. The van der Waals surface area contributed by atoms with Gasteiger partial charge in [0.15, 0.2) is 0 Å². The summed E-state index contributed by atoms with van der Waals surface area (Å²) < 4.78 is 27.8. The van der Waals surface area contributed by atoms with Crippen molar-refractivity contribution in [2.75, 3.05) is 6.61 Å². The van der Waals surface area contributed by atoms with Gasteiger partial charge in [0, 0.05) is 0 Å². The number of halogens is 2. The highest BCUT2D eigenvalue weighted by Gasteiger charge is 2.27. The van der Waals surface area contributed by atoms with E-state index in [-0.39, 0.29) is 12.9 Å². The average Bonchev–Trinajstić information content (AvgIpc) is 2.05. The number of hydrogen-bond acceptors (Lipinski definition) is 4. The van der Waals surface area contributed by atoms with Crippen LogP contribution in [-0.2, 0) is 14.3 Å². The number of alkyl halides is 2. The van der Waals surface area contributed by atoms with E-state index in [1.807, 2.05) is 0 Å². The Morgan fingerprint density at radius 3 is 2.38 bits per heavy atom. The highest BCUT2D eigenvalue weighted by Crippen LogP contribution is 2.06. The third-order valence-corrected chi connectivity index (χ3v) is 1.09. The van der Waals surface area contributed by atoms with Crippen LogP contribution in [0.1, 0.15) is 6.92 Å². The lowest BCUT2D eigenvalue weighted by atomic mass is 10.2. The maximum absolute atomic E-state index is 11.8. The van der Waals surface area contributed by atoms with Crippen LogP contribution in [0.2, 0.25) is 0 Å². The summed E-state index contributed by atoms with van der Waals surface area (Å²) in [5.74, 6) is -3.00. The van der Waals surface area contributed by atoms with Crippen LogP contribution in [0.25, 0.3) is 0 Å². The van der Waals surface area contributed by atoms with Crippen molar-refractivity contribution in [2.24, 2.45) is 0 Å². The molecule has 0 rings (SSSR count). The molecule has 6 heteroatoms. The fraction of sp³-hybridized carbons (Fsp3) is 0.429. The summed E-state index contributed by atoms with van der Waals surface area (Å²) in [6.07, 6.45) is -3.31. The number of hydrogen-bond donors (Lipinski definition) is 1. The SMILES string of the molecule is CCOC(=O)/C(=C\O)C(=O)C(F)F. The fourth-order valence-corrected chi connectivity index (χ4v) is 0.543. The summed E-state index contributed by atoms with van der Waals surface area (Å²) in [6.45, 7) is 1.38. The lowest BCUT2D eigenvalue weighted by molar-refractivity contribution is -0.141. The van der Waals surface area contributed by atoms with E-state index < -0.39 is 23.8 Å². The first-order valence-electron chi connectivity index (χ1n) is 3.38. The molecule has 0 aliphatic rings. The van der Waals surface area contributed by atoms with Crippen LogP contribution >= 0.6 is 0 Å². The van der Waals surface area contributed by atoms with Crippen LogP contribution in [0.3, 0.4) is 0 Å². The van der Waals surface area contributed by atoms with Crippen molar-refractivity contribution in [3.63, 3.8) is 0 Å². The smallest absolute Gasteiger partial charge is 0.345 e. The van der Waals surface area contributed by atoms with Gasteiger partial charge in [0.1, 0.15) is 5.57 Å². The molecule has 0 saturated heterocycles. The Bertz CT molecular complexity index is 235. The Balaban J connectivity index is 4.54. The summed E-state index contributed by atoms with van der Waals surface area (Å²) in [5.41, 5.74) is -1.04. The number of esters is 1. The Kier molecular flexibility index (Phi) is 4.64. The summed E-state index contributed by atoms with van der Waals surface area (Å²) in [6, 6.07) is 0. The predicted octanol–water partition coefficient (Wildman–Crippen LogP) is 0.826. The topological polar surface area (TPSA) is 63.6 Å². The van der Waals surface area contributed by atoms with E-state index in [1.165, 1.54) is 6.92 Å². The Hall–Kier alpha value is -1.46. The zero-order valence-corrected chi connectivity index (χ0v) is 6.79. The van der Waals surface area contributed by atoms with Gasteiger partial charge in [-0.25, -0.2) is 13.6 Å². The van der Waals surface area contributed by atoms with Crippen molar-refractivity contribution in [2.45, 2.75) is 13.3 Å². The second kappa shape index (κ2) is 5.23. The minimum absolute atomic E-state index is 0.0203. The van der Waals surface area contributed by atoms with Crippen molar-refractivity contribution in [1.82, 2.24) is 0 Å². The third-order valence-electron chi connectivity index (χ3n) is 1.09. The molecule has 0 atom stereocenters. The molecule has 0 aromatic heterocycles. The summed E-state index contributed by atoms with van der Waals surface area (Å²) in [4.78, 5) is 21.2. The fourth-order valence-electron chi connectivity index (χ4n) is 0.543. The summed E-state index contributed by atoms with van der Waals surface area (Å²) >= 11 is 0. The van der Waals surface area contributed by atoms with Crippen molar-refractivity contribution >= 4 is 11.8 Å². The number of aliphatic hydroxyl groups excluding tert-OH is 1. The first-order valence-corrected chi connectivity index (χ1v) is 3.38. The average molecular weight is 194 g/mol. The van der Waals surface area contributed by atoms with E-state index >= 15 is 0 Å². The van der Waals surface area contributed by atoms with Crippen molar-refractivity contribution < 1.29 is 28.2 Å². The standard InChI is InChI=1S/C7H8F2O4/c1-2-13-7(12)4(3-10)5(11)6(8)9/h3,6,10H,2H2,1H3/b4-3-. The minimum atomic E-state index is -3.33. The molecule has 0 spiro atoms. The molecular formula is C7H8F2O4. The van der Waals surface area contributed by atoms with Crippen LogP contribution in [0.5, 0.6) is 0 Å². The number of carbonyl (C=O) groups is 2. The second-order valence-corrected chi connectivity index (χ2v) is 1.93. The number of Topliss-reactive ketones (excluding diaryl/α,β-unsaturated/α-hetero) is 1. The van der Waals surface area contributed by atoms with Gasteiger partial charge in [-0.15, -0.1) is 0 Å². The molecule has 0 amide bonds. The van der Waals surface area contributed by atoms with E-state index in [0.717, 1.165) is 0 Å². The lowest BCUT2D eigenvalue weighted by Gasteiger charge is -2.03. The summed E-state index contributed by atoms with van der Waals surface area (Å²) in [5, 5.41) is 8.33. The van der Waals surface area contributed by atoms with E-state index in [2.05, 4.69) is 4.74 Å².